The van der Waals surface area contributed by atoms with E-state index in [9.17, 15) is 0 Å². The summed E-state index contributed by atoms with van der Waals surface area (Å²) in [6.45, 7) is 4.27. The van der Waals surface area contributed by atoms with Crippen LogP contribution in [-0.2, 0) is 4.79 Å². The Labute approximate surface area is 98.6 Å². The van der Waals surface area contributed by atoms with Crippen molar-refractivity contribution in [1.82, 2.24) is 0 Å². The van der Waals surface area contributed by atoms with E-state index in [2.05, 4.69) is 6.58 Å². The van der Waals surface area contributed by atoms with Crippen LogP contribution in [0.25, 0.3) is 0 Å². The monoisotopic (exact) mass is 221 g/mol. The molecule has 2 aliphatic rings. The minimum Gasteiger partial charge on any atom is -0.222 e. The van der Waals surface area contributed by atoms with Gasteiger partial charge in [-0.3, -0.25) is 0 Å². The maximum Gasteiger partial charge on any atom is 0.231 e. The van der Waals surface area contributed by atoms with Crippen molar-refractivity contribution in [3.05, 3.63) is 12.2 Å². The van der Waals surface area contributed by atoms with Crippen molar-refractivity contribution in [2.24, 2.45) is 11.8 Å². The summed E-state index contributed by atoms with van der Waals surface area (Å²) < 4.78 is 0. The Morgan fingerprint density at radius 1 is 1.06 bits per heavy atom. The highest BCUT2D eigenvalue weighted by molar-refractivity contribution is 5.26. The molecule has 2 nitrogen and oxygen atoms in total. The fourth-order valence-corrected chi connectivity index (χ4v) is 3.21. The smallest absolute Gasteiger partial charge is 0.222 e. The SMILES string of the molecule is C=C1CCCCC1C1CCCCC1.N=C=O. The number of carbonyl (C=O) groups excluding carboxylic acids is 1. The second-order valence-corrected chi connectivity index (χ2v) is 5.01. The molecule has 0 heterocycles. The van der Waals surface area contributed by atoms with Gasteiger partial charge in [-0.1, -0.05) is 37.8 Å². The predicted octanol–water partition coefficient (Wildman–Crippen LogP) is 4.21. The average Bonchev–Trinajstić information content (AvgIpc) is 2.32. The number of isocyanates is 1. The van der Waals surface area contributed by atoms with E-state index >= 15 is 0 Å². The van der Waals surface area contributed by atoms with Crippen molar-refractivity contribution >= 4 is 6.08 Å². The summed E-state index contributed by atoms with van der Waals surface area (Å²) in [7, 11) is 0. The highest BCUT2D eigenvalue weighted by Gasteiger charge is 2.27. The largest absolute Gasteiger partial charge is 0.231 e. The third kappa shape index (κ3) is 3.94. The first kappa shape index (κ1) is 13.2. The summed E-state index contributed by atoms with van der Waals surface area (Å²) in [5.41, 5.74) is 1.58. The number of rotatable bonds is 1. The highest BCUT2D eigenvalue weighted by Crippen LogP contribution is 2.40. The number of allylic oxidation sites excluding steroid dienone is 1. The van der Waals surface area contributed by atoms with Crippen molar-refractivity contribution in [3.8, 4) is 0 Å². The van der Waals surface area contributed by atoms with Crippen molar-refractivity contribution in [2.45, 2.75) is 57.8 Å². The normalized spacial score (nSPS) is 26.5. The molecule has 0 radical (unpaired) electrons. The van der Waals surface area contributed by atoms with Crippen LogP contribution in [0.1, 0.15) is 57.8 Å². The molecule has 0 amide bonds. The molecule has 2 rings (SSSR count). The van der Waals surface area contributed by atoms with Gasteiger partial charge in [0.25, 0.3) is 0 Å². The van der Waals surface area contributed by atoms with E-state index in [1.807, 2.05) is 0 Å². The van der Waals surface area contributed by atoms with Gasteiger partial charge in [0.15, 0.2) is 0 Å². The van der Waals surface area contributed by atoms with Crippen LogP contribution in [0.4, 0.5) is 0 Å². The van der Waals surface area contributed by atoms with Crippen LogP contribution in [0.5, 0.6) is 0 Å². The molecule has 0 saturated heterocycles. The molecule has 90 valence electrons. The lowest BCUT2D eigenvalue weighted by molar-refractivity contribution is 0.244. The summed E-state index contributed by atoms with van der Waals surface area (Å²) in [6.07, 6.45) is 13.8. The lowest BCUT2D eigenvalue weighted by Crippen LogP contribution is -2.22. The molecule has 16 heavy (non-hydrogen) atoms. The minimum absolute atomic E-state index is 0.750. The van der Waals surface area contributed by atoms with Crippen molar-refractivity contribution in [2.75, 3.05) is 0 Å². The van der Waals surface area contributed by atoms with E-state index in [-0.39, 0.29) is 0 Å². The van der Waals surface area contributed by atoms with Gasteiger partial charge in [-0.2, -0.15) is 0 Å². The maximum atomic E-state index is 8.35. The second-order valence-electron chi connectivity index (χ2n) is 5.01. The first-order chi connectivity index (χ1) is 7.79. The molecule has 2 heteroatoms. The Kier molecular flexibility index (Phi) is 6.10. The van der Waals surface area contributed by atoms with Crippen LogP contribution in [0, 0.1) is 17.2 Å². The second kappa shape index (κ2) is 7.40. The maximum absolute atomic E-state index is 8.35. The summed E-state index contributed by atoms with van der Waals surface area (Å²) in [6, 6.07) is 0. The zero-order chi connectivity index (χ0) is 11.8. The van der Waals surface area contributed by atoms with E-state index in [1.165, 1.54) is 57.8 Å². The van der Waals surface area contributed by atoms with E-state index in [1.54, 1.807) is 5.57 Å². The molecule has 1 N–H and O–H groups in total. The third-order valence-electron chi connectivity index (χ3n) is 4.01. The van der Waals surface area contributed by atoms with Crippen molar-refractivity contribution in [1.29, 1.82) is 5.41 Å². The molecule has 0 spiro atoms. The summed E-state index contributed by atoms with van der Waals surface area (Å²) >= 11 is 0. The molecule has 1 unspecified atom stereocenters. The number of hydrogen-bond acceptors (Lipinski definition) is 2. The fraction of sp³-hybridized carbons (Fsp3) is 0.786. The molecular formula is C14H23NO. The summed E-state index contributed by atoms with van der Waals surface area (Å²) in [5, 5.41) is 5.40. The molecule has 1 atom stereocenters. The van der Waals surface area contributed by atoms with Gasteiger partial charge in [0, 0.05) is 0 Å². The molecule has 0 aliphatic heterocycles. The Balaban J connectivity index is 0.000000386. The van der Waals surface area contributed by atoms with Gasteiger partial charge in [0.2, 0.25) is 6.08 Å². The quantitative estimate of drug-likeness (QED) is 0.402. The zero-order valence-corrected chi connectivity index (χ0v) is 10.1. The lowest BCUT2D eigenvalue weighted by Gasteiger charge is -2.34. The lowest BCUT2D eigenvalue weighted by atomic mass is 9.71. The Morgan fingerprint density at radius 2 is 1.62 bits per heavy atom. The van der Waals surface area contributed by atoms with E-state index in [0.29, 0.717) is 0 Å². The van der Waals surface area contributed by atoms with Gasteiger partial charge in [-0.25, -0.2) is 10.2 Å². The topological polar surface area (TPSA) is 40.9 Å². The summed E-state index contributed by atoms with van der Waals surface area (Å²) in [5.74, 6) is 1.93. The van der Waals surface area contributed by atoms with Gasteiger partial charge in [-0.15, -0.1) is 0 Å². The van der Waals surface area contributed by atoms with Crippen LogP contribution in [0.2, 0.25) is 0 Å². The van der Waals surface area contributed by atoms with Crippen LogP contribution >= 0.6 is 0 Å². The van der Waals surface area contributed by atoms with Crippen molar-refractivity contribution < 1.29 is 4.79 Å². The van der Waals surface area contributed by atoms with E-state index in [4.69, 9.17) is 10.2 Å². The zero-order valence-electron chi connectivity index (χ0n) is 10.1. The molecular weight excluding hydrogens is 198 g/mol. The third-order valence-corrected chi connectivity index (χ3v) is 4.01. The van der Waals surface area contributed by atoms with Gasteiger partial charge in [0.1, 0.15) is 0 Å². The number of nitrogens with one attached hydrogen (secondary N) is 1. The first-order valence-electron chi connectivity index (χ1n) is 6.51. The van der Waals surface area contributed by atoms with Crippen LogP contribution < -0.4 is 0 Å². The summed E-state index contributed by atoms with van der Waals surface area (Å²) in [4.78, 5) is 8.35. The minimum atomic E-state index is 0.750. The highest BCUT2D eigenvalue weighted by atomic mass is 16.1. The van der Waals surface area contributed by atoms with Gasteiger partial charge < -0.3 is 0 Å². The first-order valence-corrected chi connectivity index (χ1v) is 6.51. The average molecular weight is 221 g/mol. The molecule has 2 fully saturated rings. The Hall–Kier alpha value is -0.880. The van der Waals surface area contributed by atoms with E-state index < -0.39 is 0 Å². The Bertz CT molecular complexity index is 247. The fourth-order valence-electron chi connectivity index (χ4n) is 3.21. The van der Waals surface area contributed by atoms with Crippen LogP contribution in [-0.4, -0.2) is 6.08 Å². The Morgan fingerprint density at radius 3 is 2.19 bits per heavy atom. The molecule has 0 aromatic heterocycles. The van der Waals surface area contributed by atoms with Crippen molar-refractivity contribution in [3.63, 3.8) is 0 Å². The standard InChI is InChI=1S/C13H22.CHNO/c1-11-7-5-6-10-13(11)12-8-3-2-4-9-12;2-1-3/h12-13H,1-10H2;2H. The van der Waals surface area contributed by atoms with Gasteiger partial charge >= 0.3 is 0 Å². The molecule has 2 saturated carbocycles. The molecule has 0 bridgehead atoms. The molecule has 2 aliphatic carbocycles. The van der Waals surface area contributed by atoms with E-state index in [0.717, 1.165) is 17.9 Å². The van der Waals surface area contributed by atoms with Gasteiger partial charge in [0.05, 0.1) is 0 Å². The predicted molar refractivity (Wildman–Crippen MR) is 66.1 cm³/mol. The number of hydrogen-bond donors (Lipinski definition) is 1. The van der Waals surface area contributed by atoms with Crippen LogP contribution in [0.15, 0.2) is 12.2 Å². The van der Waals surface area contributed by atoms with Gasteiger partial charge in [-0.05, 0) is 43.9 Å². The molecule has 0 aromatic rings. The van der Waals surface area contributed by atoms with Crippen LogP contribution in [0.3, 0.4) is 0 Å². The molecule has 0 aromatic carbocycles.